The molecule has 0 spiro atoms. The Kier molecular flexibility index (Phi) is 8.53. The van der Waals surface area contributed by atoms with Crippen molar-refractivity contribution >= 4 is 17.9 Å². The summed E-state index contributed by atoms with van der Waals surface area (Å²) in [6.07, 6.45) is -0.0646. The van der Waals surface area contributed by atoms with Crippen LogP contribution in [-0.4, -0.2) is 50.5 Å². The topological polar surface area (TPSA) is 81.1 Å². The minimum absolute atomic E-state index is 0.0110. The van der Waals surface area contributed by atoms with Crippen LogP contribution in [-0.2, 0) is 17.5 Å². The molecule has 7 nitrogen and oxygen atoms in total. The van der Waals surface area contributed by atoms with Gasteiger partial charge in [-0.15, -0.1) is 5.10 Å². The molecule has 41 heavy (non-hydrogen) atoms. The van der Waals surface area contributed by atoms with Crippen LogP contribution in [0.15, 0.2) is 72.0 Å². The zero-order valence-corrected chi connectivity index (χ0v) is 23.4. The number of thioether (sulfide) groups is 1. The molecule has 0 N–H and O–H groups in total. The predicted octanol–water partition coefficient (Wildman–Crippen LogP) is 7.17. The van der Waals surface area contributed by atoms with Gasteiger partial charge in [0.25, 0.3) is 0 Å². The average Bonchev–Trinajstić information content (AvgIpc) is 3.00. The fourth-order valence-corrected chi connectivity index (χ4v) is 5.36. The number of hydrogen-bond acceptors (Lipinski definition) is 7. The molecule has 2 aromatic heterocycles. The SMILES string of the molecule is CSc1nccc(-c2c(-c3cccc(C(F)(F)F)c3)nnc(C3CCN(C(=O)OCc4ccccc4)CC3)c2C)n1. The van der Waals surface area contributed by atoms with Gasteiger partial charge in [-0.2, -0.15) is 18.3 Å². The van der Waals surface area contributed by atoms with Crippen LogP contribution in [0.4, 0.5) is 18.0 Å². The number of rotatable bonds is 6. The summed E-state index contributed by atoms with van der Waals surface area (Å²) in [5.41, 5.74) is 3.51. The normalized spacial score (nSPS) is 14.2. The molecule has 1 amide bonds. The van der Waals surface area contributed by atoms with Crippen LogP contribution in [0.3, 0.4) is 0 Å². The Balaban J connectivity index is 1.42. The third kappa shape index (κ3) is 6.51. The number of halogens is 3. The number of piperidine rings is 1. The molecule has 0 unspecified atom stereocenters. The van der Waals surface area contributed by atoms with E-state index >= 15 is 0 Å². The molecule has 5 rings (SSSR count). The van der Waals surface area contributed by atoms with Crippen LogP contribution in [0.25, 0.3) is 22.5 Å². The van der Waals surface area contributed by atoms with Gasteiger partial charge < -0.3 is 9.64 Å². The quantitative estimate of drug-likeness (QED) is 0.177. The molecule has 0 bridgehead atoms. The predicted molar refractivity (Wildman–Crippen MR) is 150 cm³/mol. The summed E-state index contributed by atoms with van der Waals surface area (Å²) < 4.78 is 46.0. The molecule has 2 aromatic carbocycles. The third-order valence-corrected chi connectivity index (χ3v) is 7.70. The maximum Gasteiger partial charge on any atom is 0.416 e. The molecule has 4 aromatic rings. The number of alkyl halides is 3. The van der Waals surface area contributed by atoms with Crippen LogP contribution < -0.4 is 0 Å². The highest BCUT2D eigenvalue weighted by molar-refractivity contribution is 7.98. The van der Waals surface area contributed by atoms with Crippen LogP contribution >= 0.6 is 11.8 Å². The summed E-state index contributed by atoms with van der Waals surface area (Å²) in [6.45, 7) is 3.10. The second-order valence-corrected chi connectivity index (χ2v) is 10.5. The first-order valence-corrected chi connectivity index (χ1v) is 14.3. The Labute approximate surface area is 240 Å². The van der Waals surface area contributed by atoms with E-state index in [9.17, 15) is 18.0 Å². The maximum atomic E-state index is 13.5. The molecule has 0 atom stereocenters. The number of nitrogens with zero attached hydrogens (tertiary/aromatic N) is 5. The summed E-state index contributed by atoms with van der Waals surface area (Å²) in [5, 5.41) is 9.54. The molecule has 1 aliphatic rings. The van der Waals surface area contributed by atoms with E-state index in [1.165, 1.54) is 17.8 Å². The Morgan fingerprint density at radius 1 is 1.05 bits per heavy atom. The van der Waals surface area contributed by atoms with Crippen molar-refractivity contribution in [3.63, 3.8) is 0 Å². The lowest BCUT2D eigenvalue weighted by Crippen LogP contribution is -2.38. The van der Waals surface area contributed by atoms with Crippen molar-refractivity contribution in [2.24, 2.45) is 0 Å². The molecule has 0 saturated carbocycles. The van der Waals surface area contributed by atoms with E-state index in [2.05, 4.69) is 20.2 Å². The van der Waals surface area contributed by atoms with E-state index in [0.29, 0.717) is 53.6 Å². The first-order chi connectivity index (χ1) is 19.7. The Bertz CT molecular complexity index is 1530. The maximum absolute atomic E-state index is 13.5. The molecule has 1 saturated heterocycles. The fraction of sp³-hybridized carbons (Fsp3) is 0.300. The number of carbonyl (C=O) groups excluding carboxylic acids is 1. The van der Waals surface area contributed by atoms with Crippen LogP contribution in [0.2, 0.25) is 0 Å². The van der Waals surface area contributed by atoms with Gasteiger partial charge >= 0.3 is 12.3 Å². The molecule has 212 valence electrons. The van der Waals surface area contributed by atoms with Crippen LogP contribution in [0, 0.1) is 6.92 Å². The van der Waals surface area contributed by atoms with Gasteiger partial charge in [-0.25, -0.2) is 14.8 Å². The van der Waals surface area contributed by atoms with E-state index < -0.39 is 11.7 Å². The van der Waals surface area contributed by atoms with Crippen molar-refractivity contribution in [1.82, 2.24) is 25.1 Å². The van der Waals surface area contributed by atoms with Gasteiger partial charge in [-0.05, 0) is 55.3 Å². The molecule has 1 aliphatic heterocycles. The number of aromatic nitrogens is 4. The smallest absolute Gasteiger partial charge is 0.416 e. The van der Waals surface area contributed by atoms with Crippen LogP contribution in [0.5, 0.6) is 0 Å². The standard InChI is InChI=1S/C30H28F3N5O2S/c1-19-25(24-11-14-34-28(35-24)41-2)27(22-9-6-10-23(17-22)30(31,32)33)37-36-26(19)21-12-15-38(16-13-21)29(39)40-18-20-7-4-3-5-8-20/h3-11,14,17,21H,12-13,15-16,18H2,1-2H3. The number of amides is 1. The van der Waals surface area contributed by atoms with Gasteiger partial charge in [0, 0.05) is 36.3 Å². The second-order valence-electron chi connectivity index (χ2n) is 9.74. The van der Waals surface area contributed by atoms with Crippen LogP contribution in [0.1, 0.15) is 41.1 Å². The molecule has 0 radical (unpaired) electrons. The number of hydrogen-bond donors (Lipinski definition) is 0. The molecular formula is C30H28F3N5O2S. The zero-order valence-electron chi connectivity index (χ0n) is 22.6. The monoisotopic (exact) mass is 579 g/mol. The lowest BCUT2D eigenvalue weighted by atomic mass is 9.88. The summed E-state index contributed by atoms with van der Waals surface area (Å²) in [5.74, 6) is 0.0110. The second kappa shape index (κ2) is 12.3. The van der Waals surface area contributed by atoms with E-state index in [-0.39, 0.29) is 18.6 Å². The van der Waals surface area contributed by atoms with Gasteiger partial charge in [0.1, 0.15) is 12.3 Å². The molecule has 1 fully saturated rings. The number of benzene rings is 2. The van der Waals surface area contributed by atoms with Gasteiger partial charge in [0.2, 0.25) is 0 Å². The van der Waals surface area contributed by atoms with E-state index in [0.717, 1.165) is 29.0 Å². The largest absolute Gasteiger partial charge is 0.445 e. The average molecular weight is 580 g/mol. The zero-order chi connectivity index (χ0) is 29.0. The number of likely N-dealkylation sites (tertiary alicyclic amines) is 1. The highest BCUT2D eigenvalue weighted by Gasteiger charge is 2.32. The highest BCUT2D eigenvalue weighted by atomic mass is 32.2. The lowest BCUT2D eigenvalue weighted by Gasteiger charge is -2.31. The van der Waals surface area contributed by atoms with Crippen molar-refractivity contribution < 1.29 is 22.7 Å². The number of carbonyl (C=O) groups is 1. The number of ether oxygens (including phenoxy) is 1. The Morgan fingerprint density at radius 3 is 2.51 bits per heavy atom. The van der Waals surface area contributed by atoms with Gasteiger partial charge in [0.05, 0.1) is 17.0 Å². The Morgan fingerprint density at radius 2 is 1.80 bits per heavy atom. The van der Waals surface area contributed by atoms with Crippen molar-refractivity contribution in [2.45, 2.75) is 43.6 Å². The van der Waals surface area contributed by atoms with Gasteiger partial charge in [-0.3, -0.25) is 0 Å². The van der Waals surface area contributed by atoms with E-state index in [1.54, 1.807) is 23.2 Å². The minimum atomic E-state index is -4.49. The molecule has 3 heterocycles. The molecular weight excluding hydrogens is 551 g/mol. The summed E-state index contributed by atoms with van der Waals surface area (Å²) in [7, 11) is 0. The fourth-order valence-electron chi connectivity index (χ4n) is 5.01. The van der Waals surface area contributed by atoms with Gasteiger partial charge in [-0.1, -0.05) is 54.2 Å². The molecule has 0 aliphatic carbocycles. The summed E-state index contributed by atoms with van der Waals surface area (Å²) >= 11 is 1.37. The lowest BCUT2D eigenvalue weighted by molar-refractivity contribution is -0.137. The Hall–Kier alpha value is -3.99. The van der Waals surface area contributed by atoms with E-state index in [1.807, 2.05) is 43.5 Å². The van der Waals surface area contributed by atoms with Crippen molar-refractivity contribution in [1.29, 1.82) is 0 Å². The highest BCUT2D eigenvalue weighted by Crippen LogP contribution is 2.39. The third-order valence-electron chi connectivity index (χ3n) is 7.13. The summed E-state index contributed by atoms with van der Waals surface area (Å²) in [6, 6.07) is 16.3. The summed E-state index contributed by atoms with van der Waals surface area (Å²) in [4.78, 5) is 23.2. The first-order valence-electron chi connectivity index (χ1n) is 13.1. The minimum Gasteiger partial charge on any atom is -0.445 e. The van der Waals surface area contributed by atoms with E-state index in [4.69, 9.17) is 4.74 Å². The van der Waals surface area contributed by atoms with Gasteiger partial charge in [0.15, 0.2) is 5.16 Å². The van der Waals surface area contributed by atoms with Crippen molar-refractivity contribution in [2.75, 3.05) is 19.3 Å². The first kappa shape index (κ1) is 28.5. The van der Waals surface area contributed by atoms with Crippen molar-refractivity contribution in [3.05, 3.63) is 89.2 Å². The van der Waals surface area contributed by atoms with Crippen molar-refractivity contribution in [3.8, 4) is 22.5 Å². The molecule has 11 heteroatoms.